The third kappa shape index (κ3) is 2.19. The van der Waals surface area contributed by atoms with Crippen molar-refractivity contribution < 1.29 is 8.42 Å². The van der Waals surface area contributed by atoms with E-state index in [0.29, 0.717) is 13.1 Å². The Morgan fingerprint density at radius 1 is 1.44 bits per heavy atom. The highest BCUT2D eigenvalue weighted by atomic mass is 32.2. The molecule has 0 amide bonds. The van der Waals surface area contributed by atoms with Gasteiger partial charge in [-0.25, -0.2) is 13.4 Å². The minimum atomic E-state index is -2.88. The predicted molar refractivity (Wildman–Crippen MR) is 64.4 cm³/mol. The lowest BCUT2D eigenvalue weighted by molar-refractivity contribution is 0.568. The average molecular weight is 240 g/mol. The van der Waals surface area contributed by atoms with E-state index in [4.69, 9.17) is 0 Å². The molecule has 0 radical (unpaired) electrons. The standard InChI is InChI=1S/C11H16N2O2S/c1-9-4-3-5-11(12-9)13-6-7-16(14,15)10(2)8-13/h3-5,10H,6-8H2,1-2H3/t10-/m0/s1. The minimum absolute atomic E-state index is 0.226. The predicted octanol–water partition coefficient (Wildman–Crippen LogP) is 1.01. The molecule has 0 N–H and O–H groups in total. The maximum atomic E-state index is 11.6. The summed E-state index contributed by atoms with van der Waals surface area (Å²) < 4.78 is 23.2. The first-order chi connectivity index (χ1) is 7.49. The van der Waals surface area contributed by atoms with Gasteiger partial charge < -0.3 is 4.90 Å². The summed E-state index contributed by atoms with van der Waals surface area (Å²) in [5.41, 5.74) is 0.957. The summed E-state index contributed by atoms with van der Waals surface area (Å²) in [7, 11) is -2.88. The Hall–Kier alpha value is -1.10. The number of aryl methyl sites for hydroxylation is 1. The molecule has 1 aliphatic heterocycles. The fourth-order valence-electron chi connectivity index (χ4n) is 1.87. The van der Waals surface area contributed by atoms with Gasteiger partial charge >= 0.3 is 0 Å². The summed E-state index contributed by atoms with van der Waals surface area (Å²) in [6.07, 6.45) is 0. The molecule has 0 spiro atoms. The first-order valence-electron chi connectivity index (χ1n) is 5.39. The molecule has 4 nitrogen and oxygen atoms in total. The monoisotopic (exact) mass is 240 g/mol. The zero-order valence-electron chi connectivity index (χ0n) is 9.55. The normalized spacial score (nSPS) is 24.4. The van der Waals surface area contributed by atoms with E-state index in [1.165, 1.54) is 0 Å². The Labute approximate surface area is 96.2 Å². The third-order valence-corrected chi connectivity index (χ3v) is 5.06. The van der Waals surface area contributed by atoms with Gasteiger partial charge in [-0.2, -0.15) is 0 Å². The highest BCUT2D eigenvalue weighted by Gasteiger charge is 2.29. The van der Waals surface area contributed by atoms with Crippen LogP contribution in [0.25, 0.3) is 0 Å². The van der Waals surface area contributed by atoms with Crippen LogP contribution in [0, 0.1) is 6.92 Å². The Balaban J connectivity index is 2.20. The Morgan fingerprint density at radius 3 is 2.81 bits per heavy atom. The molecule has 16 heavy (non-hydrogen) atoms. The second-order valence-electron chi connectivity index (χ2n) is 4.26. The average Bonchev–Trinajstić information content (AvgIpc) is 2.22. The molecule has 1 aliphatic rings. The Bertz CT molecular complexity index is 485. The molecule has 2 rings (SSSR count). The van der Waals surface area contributed by atoms with Crippen LogP contribution in [-0.2, 0) is 9.84 Å². The zero-order valence-corrected chi connectivity index (χ0v) is 10.4. The van der Waals surface area contributed by atoms with Crippen LogP contribution in [0.2, 0.25) is 0 Å². The van der Waals surface area contributed by atoms with Crippen LogP contribution in [0.4, 0.5) is 5.82 Å². The van der Waals surface area contributed by atoms with Gasteiger partial charge in [0.1, 0.15) is 5.82 Å². The van der Waals surface area contributed by atoms with Crippen LogP contribution < -0.4 is 4.90 Å². The van der Waals surface area contributed by atoms with Gasteiger partial charge in [0.25, 0.3) is 0 Å². The lowest BCUT2D eigenvalue weighted by atomic mass is 10.3. The van der Waals surface area contributed by atoms with Crippen LogP contribution in [0.15, 0.2) is 18.2 Å². The number of hydrogen-bond donors (Lipinski definition) is 0. The molecule has 2 heterocycles. The maximum Gasteiger partial charge on any atom is 0.156 e. The number of anilines is 1. The van der Waals surface area contributed by atoms with Crippen molar-refractivity contribution in [3.63, 3.8) is 0 Å². The summed E-state index contributed by atoms with van der Waals surface area (Å²) in [6.45, 7) is 4.78. The van der Waals surface area contributed by atoms with Gasteiger partial charge in [-0.1, -0.05) is 6.07 Å². The largest absolute Gasteiger partial charge is 0.354 e. The van der Waals surface area contributed by atoms with E-state index < -0.39 is 9.84 Å². The van der Waals surface area contributed by atoms with E-state index >= 15 is 0 Å². The van der Waals surface area contributed by atoms with Gasteiger partial charge in [0.2, 0.25) is 0 Å². The number of sulfone groups is 1. The van der Waals surface area contributed by atoms with Crippen molar-refractivity contribution in [2.75, 3.05) is 23.7 Å². The fraction of sp³-hybridized carbons (Fsp3) is 0.545. The molecule has 1 fully saturated rings. The van der Waals surface area contributed by atoms with Crippen molar-refractivity contribution in [3.8, 4) is 0 Å². The first kappa shape index (κ1) is 11.4. The molecule has 0 saturated carbocycles. The Kier molecular flexibility index (Phi) is 2.88. The van der Waals surface area contributed by atoms with Crippen molar-refractivity contribution in [2.24, 2.45) is 0 Å². The number of pyridine rings is 1. The van der Waals surface area contributed by atoms with E-state index in [-0.39, 0.29) is 11.0 Å². The van der Waals surface area contributed by atoms with Crippen molar-refractivity contribution in [2.45, 2.75) is 19.1 Å². The van der Waals surface area contributed by atoms with Gasteiger partial charge in [-0.15, -0.1) is 0 Å². The van der Waals surface area contributed by atoms with Gasteiger partial charge in [0.15, 0.2) is 9.84 Å². The molecule has 0 bridgehead atoms. The molecule has 1 aromatic rings. The lowest BCUT2D eigenvalue weighted by Crippen LogP contribution is -2.45. The SMILES string of the molecule is Cc1cccc(N2CCS(=O)(=O)[C@@H](C)C2)n1. The van der Waals surface area contributed by atoms with Crippen molar-refractivity contribution in [1.82, 2.24) is 4.98 Å². The summed E-state index contributed by atoms with van der Waals surface area (Å²) >= 11 is 0. The van der Waals surface area contributed by atoms with Gasteiger partial charge in [-0.05, 0) is 26.0 Å². The van der Waals surface area contributed by atoms with Gasteiger partial charge in [0, 0.05) is 18.8 Å². The summed E-state index contributed by atoms with van der Waals surface area (Å²) in [4.78, 5) is 6.45. The number of hydrogen-bond acceptors (Lipinski definition) is 4. The second kappa shape index (κ2) is 4.05. The number of nitrogens with zero attached hydrogens (tertiary/aromatic N) is 2. The van der Waals surface area contributed by atoms with Crippen LogP contribution in [0.3, 0.4) is 0 Å². The molecule has 88 valence electrons. The zero-order chi connectivity index (χ0) is 11.8. The van der Waals surface area contributed by atoms with Crippen molar-refractivity contribution in [3.05, 3.63) is 23.9 Å². The van der Waals surface area contributed by atoms with Gasteiger partial charge in [0.05, 0.1) is 11.0 Å². The molecule has 1 saturated heterocycles. The van der Waals surface area contributed by atoms with E-state index in [2.05, 4.69) is 4.98 Å². The molecule has 0 aromatic carbocycles. The second-order valence-corrected chi connectivity index (χ2v) is 6.80. The molecular weight excluding hydrogens is 224 g/mol. The van der Waals surface area contributed by atoms with E-state index in [0.717, 1.165) is 11.5 Å². The van der Waals surface area contributed by atoms with Crippen molar-refractivity contribution >= 4 is 15.7 Å². The van der Waals surface area contributed by atoms with E-state index in [1.807, 2.05) is 30.0 Å². The fourth-order valence-corrected chi connectivity index (χ4v) is 3.15. The molecular formula is C11H16N2O2S. The minimum Gasteiger partial charge on any atom is -0.354 e. The van der Waals surface area contributed by atoms with E-state index in [1.54, 1.807) is 6.92 Å². The quantitative estimate of drug-likeness (QED) is 0.735. The third-order valence-electron chi connectivity index (χ3n) is 2.93. The molecule has 0 aliphatic carbocycles. The van der Waals surface area contributed by atoms with Gasteiger partial charge in [-0.3, -0.25) is 0 Å². The molecule has 1 aromatic heterocycles. The summed E-state index contributed by atoms with van der Waals surface area (Å²) in [5, 5.41) is -0.302. The number of aromatic nitrogens is 1. The summed E-state index contributed by atoms with van der Waals surface area (Å²) in [5.74, 6) is 1.10. The number of rotatable bonds is 1. The van der Waals surface area contributed by atoms with Crippen LogP contribution in [-0.4, -0.2) is 37.5 Å². The highest BCUT2D eigenvalue weighted by Crippen LogP contribution is 2.18. The highest BCUT2D eigenvalue weighted by molar-refractivity contribution is 7.92. The molecule has 5 heteroatoms. The molecule has 0 unspecified atom stereocenters. The first-order valence-corrected chi connectivity index (χ1v) is 7.11. The summed E-state index contributed by atoms with van der Waals surface area (Å²) in [6, 6.07) is 5.82. The van der Waals surface area contributed by atoms with Crippen LogP contribution in [0.1, 0.15) is 12.6 Å². The van der Waals surface area contributed by atoms with Crippen molar-refractivity contribution in [1.29, 1.82) is 0 Å². The van der Waals surface area contributed by atoms with E-state index in [9.17, 15) is 8.42 Å². The Morgan fingerprint density at radius 2 is 2.19 bits per heavy atom. The van der Waals surface area contributed by atoms with Crippen LogP contribution >= 0.6 is 0 Å². The lowest BCUT2D eigenvalue weighted by Gasteiger charge is -2.31. The topological polar surface area (TPSA) is 50.3 Å². The maximum absolute atomic E-state index is 11.6. The van der Waals surface area contributed by atoms with Crippen LogP contribution in [0.5, 0.6) is 0 Å². The molecule has 1 atom stereocenters. The smallest absolute Gasteiger partial charge is 0.156 e.